The molecular formula is C21H28N4O2. The Morgan fingerprint density at radius 2 is 2.15 bits per heavy atom. The molecule has 1 saturated heterocycles. The highest BCUT2D eigenvalue weighted by molar-refractivity contribution is 5.94. The molecule has 0 radical (unpaired) electrons. The van der Waals surface area contributed by atoms with Gasteiger partial charge in [0.05, 0.1) is 11.2 Å². The largest absolute Gasteiger partial charge is 0.375 e. The van der Waals surface area contributed by atoms with Gasteiger partial charge in [0, 0.05) is 37.3 Å². The van der Waals surface area contributed by atoms with E-state index in [4.69, 9.17) is 4.74 Å². The van der Waals surface area contributed by atoms with Crippen LogP contribution in [-0.4, -0.2) is 40.7 Å². The summed E-state index contributed by atoms with van der Waals surface area (Å²) < 4.78 is 5.74. The molecule has 0 unspecified atom stereocenters. The summed E-state index contributed by atoms with van der Waals surface area (Å²) in [7, 11) is 0. The Morgan fingerprint density at radius 1 is 1.26 bits per heavy atom. The quantitative estimate of drug-likeness (QED) is 0.734. The molecule has 27 heavy (non-hydrogen) atoms. The molecule has 0 bridgehead atoms. The van der Waals surface area contributed by atoms with Crippen molar-refractivity contribution in [3.63, 3.8) is 0 Å². The first kappa shape index (κ1) is 19.3. The Hall–Kier alpha value is -2.47. The zero-order valence-corrected chi connectivity index (χ0v) is 16.1. The Balaban J connectivity index is 1.43. The second-order valence-electron chi connectivity index (χ2n) is 7.55. The highest BCUT2D eigenvalue weighted by Gasteiger charge is 2.28. The number of nitrogens with zero attached hydrogens (tertiary/aromatic N) is 2. The highest BCUT2D eigenvalue weighted by Crippen LogP contribution is 2.25. The maximum Gasteiger partial charge on any atom is 0.252 e. The van der Waals surface area contributed by atoms with E-state index in [1.54, 1.807) is 12.4 Å². The summed E-state index contributed by atoms with van der Waals surface area (Å²) in [6.45, 7) is 5.58. The summed E-state index contributed by atoms with van der Waals surface area (Å²) in [4.78, 5) is 20.9. The number of rotatable bonds is 7. The van der Waals surface area contributed by atoms with Crippen LogP contribution in [0.1, 0.15) is 49.2 Å². The molecule has 0 aromatic carbocycles. The van der Waals surface area contributed by atoms with Crippen LogP contribution in [0.25, 0.3) is 0 Å². The number of aromatic nitrogens is 2. The van der Waals surface area contributed by atoms with Gasteiger partial charge in [0.2, 0.25) is 0 Å². The Bertz CT molecular complexity index is 732. The summed E-state index contributed by atoms with van der Waals surface area (Å²) in [6.07, 6.45) is 7.02. The summed E-state index contributed by atoms with van der Waals surface area (Å²) in [5.41, 5.74) is 1.51. The van der Waals surface area contributed by atoms with Crippen LogP contribution >= 0.6 is 0 Å². The van der Waals surface area contributed by atoms with Gasteiger partial charge in [0.15, 0.2) is 0 Å². The predicted octanol–water partition coefficient (Wildman–Crippen LogP) is 3.21. The number of nitrogens with one attached hydrogen (secondary N) is 2. The van der Waals surface area contributed by atoms with E-state index in [1.165, 1.54) is 0 Å². The zero-order valence-electron chi connectivity index (χ0n) is 16.1. The molecule has 6 heteroatoms. The molecule has 0 saturated carbocycles. The van der Waals surface area contributed by atoms with Gasteiger partial charge in [-0.15, -0.1) is 0 Å². The Kier molecular flexibility index (Phi) is 6.40. The van der Waals surface area contributed by atoms with Gasteiger partial charge < -0.3 is 15.4 Å². The maximum absolute atomic E-state index is 12.2. The van der Waals surface area contributed by atoms with E-state index in [0.717, 1.165) is 43.8 Å². The summed E-state index contributed by atoms with van der Waals surface area (Å²) >= 11 is 0. The normalized spacial score (nSPS) is 18.7. The molecule has 0 spiro atoms. The van der Waals surface area contributed by atoms with Crippen molar-refractivity contribution in [3.8, 4) is 0 Å². The molecule has 1 aliphatic rings. The van der Waals surface area contributed by atoms with Crippen LogP contribution in [0.5, 0.6) is 0 Å². The van der Waals surface area contributed by atoms with Crippen molar-refractivity contribution in [2.24, 2.45) is 0 Å². The molecule has 3 rings (SSSR count). The lowest BCUT2D eigenvalue weighted by molar-refractivity contribution is -0.0553. The van der Waals surface area contributed by atoms with Crippen molar-refractivity contribution >= 4 is 11.7 Å². The van der Waals surface area contributed by atoms with Gasteiger partial charge >= 0.3 is 0 Å². The molecule has 0 aliphatic carbocycles. The van der Waals surface area contributed by atoms with Gasteiger partial charge in [-0.2, -0.15) is 0 Å². The number of carbonyl (C=O) groups is 1. The summed E-state index contributed by atoms with van der Waals surface area (Å²) in [6, 6.07) is 9.90. The third-order valence-electron chi connectivity index (χ3n) is 4.70. The topological polar surface area (TPSA) is 76.1 Å². The third-order valence-corrected chi connectivity index (χ3v) is 4.70. The fourth-order valence-corrected chi connectivity index (χ4v) is 3.30. The third kappa shape index (κ3) is 6.03. The Labute approximate surface area is 160 Å². The van der Waals surface area contributed by atoms with Crippen LogP contribution in [0, 0.1) is 0 Å². The van der Waals surface area contributed by atoms with Crippen molar-refractivity contribution in [1.82, 2.24) is 15.3 Å². The monoisotopic (exact) mass is 368 g/mol. The first-order valence-corrected chi connectivity index (χ1v) is 9.56. The van der Waals surface area contributed by atoms with Gasteiger partial charge in [-0.1, -0.05) is 6.07 Å². The lowest BCUT2D eigenvalue weighted by Crippen LogP contribution is -2.40. The maximum atomic E-state index is 12.2. The van der Waals surface area contributed by atoms with Gasteiger partial charge in [-0.05, 0) is 63.8 Å². The number of amides is 1. The van der Waals surface area contributed by atoms with Crippen LogP contribution in [0.4, 0.5) is 5.82 Å². The minimum atomic E-state index is -0.106. The van der Waals surface area contributed by atoms with Crippen LogP contribution in [0.2, 0.25) is 0 Å². The molecule has 1 amide bonds. The number of pyridine rings is 2. The highest BCUT2D eigenvalue weighted by atomic mass is 16.5. The standard InChI is InChI=1S/C21H28N4O2/c1-21(2)14-18(10-13-27-21)25-19-9-8-16(15-24-19)20(26)23-12-5-7-17-6-3-4-11-22-17/h3-4,6,8-9,11,15,18H,5,7,10,12-14H2,1-2H3,(H,23,26)(H,24,25)/t18-/m0/s1. The molecule has 2 aromatic rings. The van der Waals surface area contributed by atoms with Crippen molar-refractivity contribution in [2.45, 2.75) is 51.2 Å². The summed E-state index contributed by atoms with van der Waals surface area (Å²) in [5, 5.41) is 6.38. The lowest BCUT2D eigenvalue weighted by atomic mass is 9.94. The van der Waals surface area contributed by atoms with Gasteiger partial charge in [0.25, 0.3) is 5.91 Å². The molecule has 1 atom stereocenters. The van der Waals surface area contributed by atoms with E-state index in [9.17, 15) is 4.79 Å². The summed E-state index contributed by atoms with van der Waals surface area (Å²) in [5.74, 6) is 0.701. The lowest BCUT2D eigenvalue weighted by Gasteiger charge is -2.36. The number of hydrogen-bond donors (Lipinski definition) is 2. The van der Waals surface area contributed by atoms with E-state index in [2.05, 4.69) is 34.4 Å². The smallest absolute Gasteiger partial charge is 0.252 e. The van der Waals surface area contributed by atoms with Crippen molar-refractivity contribution < 1.29 is 9.53 Å². The van der Waals surface area contributed by atoms with Crippen LogP contribution in [0.3, 0.4) is 0 Å². The fraction of sp³-hybridized carbons (Fsp3) is 0.476. The van der Waals surface area contributed by atoms with E-state index in [1.807, 2.05) is 30.3 Å². The number of anilines is 1. The van der Waals surface area contributed by atoms with E-state index in [-0.39, 0.29) is 11.5 Å². The Morgan fingerprint density at radius 3 is 2.85 bits per heavy atom. The minimum absolute atomic E-state index is 0.0951. The van der Waals surface area contributed by atoms with E-state index < -0.39 is 0 Å². The molecule has 6 nitrogen and oxygen atoms in total. The average molecular weight is 368 g/mol. The SMILES string of the molecule is CC1(C)C[C@@H](Nc2ccc(C(=O)NCCCc3ccccn3)cn2)CCO1. The molecule has 1 aliphatic heterocycles. The number of aryl methyl sites for hydroxylation is 1. The van der Waals surface area contributed by atoms with Crippen molar-refractivity contribution in [1.29, 1.82) is 0 Å². The fourth-order valence-electron chi connectivity index (χ4n) is 3.30. The minimum Gasteiger partial charge on any atom is -0.375 e. The molecular weight excluding hydrogens is 340 g/mol. The first-order chi connectivity index (χ1) is 13.0. The van der Waals surface area contributed by atoms with E-state index >= 15 is 0 Å². The molecule has 2 N–H and O–H groups in total. The second kappa shape index (κ2) is 8.95. The first-order valence-electron chi connectivity index (χ1n) is 9.56. The average Bonchev–Trinajstić information content (AvgIpc) is 2.66. The number of ether oxygens (including phenoxy) is 1. The second-order valence-corrected chi connectivity index (χ2v) is 7.55. The van der Waals surface area contributed by atoms with Gasteiger partial charge in [-0.25, -0.2) is 4.98 Å². The van der Waals surface area contributed by atoms with Crippen LogP contribution in [0.15, 0.2) is 42.7 Å². The zero-order chi connectivity index (χ0) is 19.1. The molecule has 2 aromatic heterocycles. The van der Waals surface area contributed by atoms with Crippen LogP contribution in [-0.2, 0) is 11.2 Å². The number of carbonyl (C=O) groups excluding carboxylic acids is 1. The van der Waals surface area contributed by atoms with Crippen LogP contribution < -0.4 is 10.6 Å². The van der Waals surface area contributed by atoms with Gasteiger partial charge in [0.1, 0.15) is 5.82 Å². The molecule has 1 fully saturated rings. The van der Waals surface area contributed by atoms with Crippen molar-refractivity contribution in [2.75, 3.05) is 18.5 Å². The number of hydrogen-bond acceptors (Lipinski definition) is 5. The van der Waals surface area contributed by atoms with Crippen molar-refractivity contribution in [3.05, 3.63) is 54.0 Å². The molecule has 144 valence electrons. The van der Waals surface area contributed by atoms with Gasteiger partial charge in [-0.3, -0.25) is 9.78 Å². The predicted molar refractivity (Wildman–Crippen MR) is 106 cm³/mol. The molecule has 3 heterocycles. The van der Waals surface area contributed by atoms with E-state index in [0.29, 0.717) is 18.2 Å².